The van der Waals surface area contributed by atoms with Gasteiger partial charge < -0.3 is 15.0 Å². The third-order valence-electron chi connectivity index (χ3n) is 3.44. The summed E-state index contributed by atoms with van der Waals surface area (Å²) in [6, 6.07) is 5.80. The molecule has 1 fully saturated rings. The Morgan fingerprint density at radius 2 is 1.92 bits per heavy atom. The molecule has 1 aliphatic rings. The molecule has 0 aromatic heterocycles. The SMILES string of the molecule is O=C(COC(=O)CSC(=S)N1CCCC1)NCc1ccc(F)cc1. The highest BCUT2D eigenvalue weighted by Gasteiger charge is 2.17. The number of benzene rings is 1. The Labute approximate surface area is 149 Å². The summed E-state index contributed by atoms with van der Waals surface area (Å²) in [4.78, 5) is 25.3. The Balaban J connectivity index is 1.59. The fourth-order valence-corrected chi connectivity index (χ4v) is 3.20. The van der Waals surface area contributed by atoms with Crippen LogP contribution in [-0.4, -0.2) is 46.5 Å². The first-order chi connectivity index (χ1) is 11.5. The van der Waals surface area contributed by atoms with Gasteiger partial charge in [-0.25, -0.2) is 4.39 Å². The van der Waals surface area contributed by atoms with Crippen LogP contribution in [0.1, 0.15) is 18.4 Å². The van der Waals surface area contributed by atoms with Gasteiger partial charge >= 0.3 is 5.97 Å². The topological polar surface area (TPSA) is 58.6 Å². The Morgan fingerprint density at radius 3 is 2.58 bits per heavy atom. The number of carbonyl (C=O) groups excluding carboxylic acids is 2. The molecule has 24 heavy (non-hydrogen) atoms. The second-order valence-electron chi connectivity index (χ2n) is 5.31. The van der Waals surface area contributed by atoms with E-state index in [1.807, 2.05) is 0 Å². The Kier molecular flexibility index (Phi) is 7.45. The lowest BCUT2D eigenvalue weighted by atomic mass is 10.2. The highest BCUT2D eigenvalue weighted by atomic mass is 32.2. The largest absolute Gasteiger partial charge is 0.455 e. The van der Waals surface area contributed by atoms with Crippen molar-refractivity contribution >= 4 is 40.2 Å². The van der Waals surface area contributed by atoms with E-state index in [4.69, 9.17) is 17.0 Å². The summed E-state index contributed by atoms with van der Waals surface area (Å²) >= 11 is 6.51. The first kappa shape index (κ1) is 18.7. The molecule has 1 aromatic carbocycles. The first-order valence-corrected chi connectivity index (χ1v) is 9.02. The molecule has 1 amide bonds. The van der Waals surface area contributed by atoms with Gasteiger partial charge in [0.25, 0.3) is 5.91 Å². The van der Waals surface area contributed by atoms with Gasteiger partial charge in [0, 0.05) is 19.6 Å². The van der Waals surface area contributed by atoms with Gasteiger partial charge in [0.15, 0.2) is 6.61 Å². The normalized spacial score (nSPS) is 13.6. The average molecular weight is 370 g/mol. The highest BCUT2D eigenvalue weighted by Crippen LogP contribution is 2.16. The van der Waals surface area contributed by atoms with Crippen LogP contribution >= 0.6 is 24.0 Å². The fraction of sp³-hybridized carbons (Fsp3) is 0.438. The number of nitrogens with one attached hydrogen (secondary N) is 1. The summed E-state index contributed by atoms with van der Waals surface area (Å²) in [6.45, 7) is 1.79. The molecule has 0 aliphatic carbocycles. The summed E-state index contributed by atoms with van der Waals surface area (Å²) in [5, 5.41) is 2.60. The molecule has 0 saturated carbocycles. The van der Waals surface area contributed by atoms with E-state index in [0.717, 1.165) is 31.5 Å². The van der Waals surface area contributed by atoms with Gasteiger partial charge in [-0.2, -0.15) is 0 Å². The highest BCUT2D eigenvalue weighted by molar-refractivity contribution is 8.23. The molecule has 130 valence electrons. The van der Waals surface area contributed by atoms with Crippen molar-refractivity contribution < 1.29 is 18.7 Å². The molecule has 1 N–H and O–H groups in total. The van der Waals surface area contributed by atoms with Crippen LogP contribution in [0.25, 0.3) is 0 Å². The summed E-state index contributed by atoms with van der Waals surface area (Å²) in [5.41, 5.74) is 0.766. The lowest BCUT2D eigenvalue weighted by molar-refractivity contribution is -0.145. The average Bonchev–Trinajstić information content (AvgIpc) is 3.12. The van der Waals surface area contributed by atoms with Gasteiger partial charge in [-0.1, -0.05) is 36.1 Å². The van der Waals surface area contributed by atoms with E-state index >= 15 is 0 Å². The quantitative estimate of drug-likeness (QED) is 0.611. The van der Waals surface area contributed by atoms with E-state index in [1.165, 1.54) is 23.9 Å². The van der Waals surface area contributed by atoms with Gasteiger partial charge in [-0.3, -0.25) is 9.59 Å². The minimum atomic E-state index is -0.474. The molecule has 0 unspecified atom stereocenters. The van der Waals surface area contributed by atoms with Crippen LogP contribution in [0.15, 0.2) is 24.3 Å². The van der Waals surface area contributed by atoms with Crippen LogP contribution in [-0.2, 0) is 20.9 Å². The number of likely N-dealkylation sites (tertiary alicyclic amines) is 1. The number of thioether (sulfide) groups is 1. The number of halogens is 1. The van der Waals surface area contributed by atoms with Crippen LogP contribution in [0.4, 0.5) is 4.39 Å². The van der Waals surface area contributed by atoms with Gasteiger partial charge in [0.1, 0.15) is 10.1 Å². The van der Waals surface area contributed by atoms with E-state index < -0.39 is 11.9 Å². The van der Waals surface area contributed by atoms with Crippen molar-refractivity contribution in [2.24, 2.45) is 0 Å². The first-order valence-electron chi connectivity index (χ1n) is 7.63. The van der Waals surface area contributed by atoms with Crippen LogP contribution in [0.3, 0.4) is 0 Å². The number of thiocarbonyl (C=S) groups is 1. The molecule has 2 rings (SSSR count). The van der Waals surface area contributed by atoms with Crippen molar-refractivity contribution in [2.45, 2.75) is 19.4 Å². The van der Waals surface area contributed by atoms with Crippen molar-refractivity contribution in [3.8, 4) is 0 Å². The lowest BCUT2D eigenvalue weighted by Gasteiger charge is -2.17. The van der Waals surface area contributed by atoms with Crippen molar-refractivity contribution in [3.05, 3.63) is 35.6 Å². The maximum Gasteiger partial charge on any atom is 0.316 e. The Hall–Kier alpha value is -1.67. The molecule has 5 nitrogen and oxygen atoms in total. The predicted octanol–water partition coefficient (Wildman–Crippen LogP) is 2.10. The zero-order valence-electron chi connectivity index (χ0n) is 13.1. The Bertz CT molecular complexity index is 589. The maximum atomic E-state index is 12.8. The molecular weight excluding hydrogens is 351 g/mol. The molecule has 0 atom stereocenters. The van der Waals surface area contributed by atoms with Gasteiger partial charge in [0.2, 0.25) is 0 Å². The molecule has 0 bridgehead atoms. The molecule has 1 aliphatic heterocycles. The second-order valence-corrected chi connectivity index (χ2v) is 6.92. The summed E-state index contributed by atoms with van der Waals surface area (Å²) in [7, 11) is 0. The van der Waals surface area contributed by atoms with Gasteiger partial charge in [0.05, 0.1) is 5.75 Å². The predicted molar refractivity (Wildman–Crippen MR) is 95.1 cm³/mol. The number of esters is 1. The minimum Gasteiger partial charge on any atom is -0.455 e. The van der Waals surface area contributed by atoms with Crippen LogP contribution < -0.4 is 5.32 Å². The van der Waals surface area contributed by atoms with Crippen LogP contribution in [0.5, 0.6) is 0 Å². The number of hydrogen-bond acceptors (Lipinski definition) is 5. The van der Waals surface area contributed by atoms with E-state index in [1.54, 1.807) is 12.1 Å². The third kappa shape index (κ3) is 6.45. The summed E-state index contributed by atoms with van der Waals surface area (Å²) < 4.78 is 18.4. The maximum absolute atomic E-state index is 12.8. The molecule has 8 heteroatoms. The fourth-order valence-electron chi connectivity index (χ4n) is 2.15. The van der Waals surface area contributed by atoms with Crippen molar-refractivity contribution in [1.29, 1.82) is 0 Å². The van der Waals surface area contributed by atoms with Gasteiger partial charge in [-0.05, 0) is 30.5 Å². The molecule has 0 radical (unpaired) electrons. The number of amides is 1. The van der Waals surface area contributed by atoms with E-state index in [2.05, 4.69) is 10.2 Å². The number of carbonyl (C=O) groups is 2. The Morgan fingerprint density at radius 1 is 1.25 bits per heavy atom. The smallest absolute Gasteiger partial charge is 0.316 e. The molecular formula is C16H19FN2O3S2. The number of nitrogens with zero attached hydrogens (tertiary/aromatic N) is 1. The van der Waals surface area contributed by atoms with Crippen LogP contribution in [0, 0.1) is 5.82 Å². The number of ether oxygens (including phenoxy) is 1. The van der Waals surface area contributed by atoms with Crippen molar-refractivity contribution in [1.82, 2.24) is 10.2 Å². The molecule has 0 spiro atoms. The van der Waals surface area contributed by atoms with Crippen molar-refractivity contribution in [3.63, 3.8) is 0 Å². The lowest BCUT2D eigenvalue weighted by Crippen LogP contribution is -2.29. The van der Waals surface area contributed by atoms with E-state index in [0.29, 0.717) is 4.32 Å². The monoisotopic (exact) mass is 370 g/mol. The van der Waals surface area contributed by atoms with Gasteiger partial charge in [-0.15, -0.1) is 0 Å². The molecule has 1 saturated heterocycles. The van der Waals surface area contributed by atoms with Crippen LogP contribution in [0.2, 0.25) is 0 Å². The molecule has 1 aromatic rings. The zero-order chi connectivity index (χ0) is 17.4. The van der Waals surface area contributed by atoms with E-state index in [9.17, 15) is 14.0 Å². The summed E-state index contributed by atoms with van der Waals surface area (Å²) in [6.07, 6.45) is 2.25. The molecule has 1 heterocycles. The minimum absolute atomic E-state index is 0.0978. The summed E-state index contributed by atoms with van der Waals surface area (Å²) in [5.74, 6) is -1.11. The third-order valence-corrected chi connectivity index (χ3v) is 4.94. The van der Waals surface area contributed by atoms with E-state index in [-0.39, 0.29) is 24.7 Å². The number of rotatable bonds is 6. The standard InChI is InChI=1S/C16H19FN2O3S2/c17-13-5-3-12(4-6-13)9-18-14(20)10-22-15(21)11-24-16(23)19-7-1-2-8-19/h3-6H,1-2,7-11H2,(H,18,20). The second kappa shape index (κ2) is 9.58. The zero-order valence-corrected chi connectivity index (χ0v) is 14.8. The number of hydrogen-bond donors (Lipinski definition) is 1. The van der Waals surface area contributed by atoms with Crippen molar-refractivity contribution in [2.75, 3.05) is 25.4 Å².